The van der Waals surface area contributed by atoms with Crippen molar-refractivity contribution >= 4 is 0 Å². The van der Waals surface area contributed by atoms with Gasteiger partial charge in [-0.15, -0.1) is 0 Å². The smallest absolute Gasteiger partial charge is 0.254 e. The summed E-state index contributed by atoms with van der Waals surface area (Å²) in [4.78, 5) is 0. The SMILES string of the molecule is C=C(O)C(N)CC(F)(F)Cc1ccccc1. The highest BCUT2D eigenvalue weighted by atomic mass is 19.3. The second-order valence-corrected chi connectivity index (χ2v) is 3.82. The Morgan fingerprint density at radius 1 is 1.38 bits per heavy atom. The third kappa shape index (κ3) is 3.98. The largest absolute Gasteiger partial charge is 0.511 e. The fourth-order valence-corrected chi connectivity index (χ4v) is 1.41. The van der Waals surface area contributed by atoms with Gasteiger partial charge in [0.25, 0.3) is 5.92 Å². The zero-order chi connectivity index (χ0) is 12.2. The predicted octanol–water partition coefficient (Wildman–Crippen LogP) is 2.65. The number of nitrogens with two attached hydrogens (primary N) is 1. The van der Waals surface area contributed by atoms with Gasteiger partial charge in [0.2, 0.25) is 0 Å². The highest BCUT2D eigenvalue weighted by Crippen LogP contribution is 2.26. The zero-order valence-electron chi connectivity index (χ0n) is 8.87. The average Bonchev–Trinajstić information content (AvgIpc) is 2.17. The van der Waals surface area contributed by atoms with Crippen molar-refractivity contribution in [2.24, 2.45) is 5.73 Å². The van der Waals surface area contributed by atoms with Crippen LogP contribution in [0.25, 0.3) is 0 Å². The van der Waals surface area contributed by atoms with Crippen molar-refractivity contribution in [3.8, 4) is 0 Å². The Morgan fingerprint density at radius 3 is 2.44 bits per heavy atom. The first-order valence-corrected chi connectivity index (χ1v) is 4.96. The van der Waals surface area contributed by atoms with Crippen molar-refractivity contribution in [1.29, 1.82) is 0 Å². The van der Waals surface area contributed by atoms with Crippen LogP contribution < -0.4 is 5.73 Å². The minimum absolute atomic E-state index is 0.380. The first-order valence-electron chi connectivity index (χ1n) is 4.96. The normalized spacial score (nSPS) is 13.4. The zero-order valence-corrected chi connectivity index (χ0v) is 8.87. The Hall–Kier alpha value is -1.42. The molecule has 88 valence electrons. The number of alkyl halides is 2. The van der Waals surface area contributed by atoms with Gasteiger partial charge < -0.3 is 10.8 Å². The first-order chi connectivity index (χ1) is 7.41. The van der Waals surface area contributed by atoms with E-state index in [1.165, 1.54) is 0 Å². The first kappa shape index (κ1) is 12.6. The summed E-state index contributed by atoms with van der Waals surface area (Å²) in [7, 11) is 0. The maximum atomic E-state index is 13.5. The molecule has 0 radical (unpaired) electrons. The number of hydrogen-bond acceptors (Lipinski definition) is 2. The Morgan fingerprint density at radius 2 is 1.94 bits per heavy atom. The molecular formula is C12H15F2NO. The second-order valence-electron chi connectivity index (χ2n) is 3.82. The second kappa shape index (κ2) is 5.07. The van der Waals surface area contributed by atoms with Gasteiger partial charge in [0.15, 0.2) is 0 Å². The molecule has 0 fully saturated rings. The molecule has 16 heavy (non-hydrogen) atoms. The minimum atomic E-state index is -2.94. The molecule has 2 nitrogen and oxygen atoms in total. The van der Waals surface area contributed by atoms with E-state index in [1.807, 2.05) is 0 Å². The van der Waals surface area contributed by atoms with Gasteiger partial charge in [-0.05, 0) is 5.56 Å². The van der Waals surface area contributed by atoms with Crippen LogP contribution >= 0.6 is 0 Å². The third-order valence-electron chi connectivity index (χ3n) is 2.25. The van der Waals surface area contributed by atoms with Gasteiger partial charge in [0, 0.05) is 12.8 Å². The summed E-state index contributed by atoms with van der Waals surface area (Å²) in [6.07, 6.45) is -0.980. The highest BCUT2D eigenvalue weighted by Gasteiger charge is 2.32. The Bertz CT molecular complexity index is 351. The molecule has 0 aliphatic heterocycles. The van der Waals surface area contributed by atoms with E-state index < -0.39 is 24.1 Å². The number of aliphatic hydroxyl groups excluding tert-OH is 1. The van der Waals surface area contributed by atoms with E-state index in [0.717, 1.165) is 0 Å². The van der Waals surface area contributed by atoms with E-state index in [0.29, 0.717) is 5.56 Å². The quantitative estimate of drug-likeness (QED) is 0.759. The van der Waals surface area contributed by atoms with Crippen LogP contribution in [0.15, 0.2) is 42.7 Å². The van der Waals surface area contributed by atoms with Gasteiger partial charge in [-0.2, -0.15) is 0 Å². The summed E-state index contributed by atoms with van der Waals surface area (Å²) in [6, 6.07) is 7.36. The number of halogens is 2. The van der Waals surface area contributed by atoms with E-state index in [4.69, 9.17) is 10.8 Å². The Kier molecular flexibility index (Phi) is 4.01. The lowest BCUT2D eigenvalue weighted by Gasteiger charge is -2.20. The lowest BCUT2D eigenvalue weighted by molar-refractivity contribution is -0.0132. The molecule has 4 heteroatoms. The summed E-state index contributed by atoms with van der Waals surface area (Å²) < 4.78 is 27.0. The summed E-state index contributed by atoms with van der Waals surface area (Å²) in [5.74, 6) is -3.35. The van der Waals surface area contributed by atoms with Crippen molar-refractivity contribution in [3.05, 3.63) is 48.2 Å². The maximum absolute atomic E-state index is 13.5. The molecule has 1 atom stereocenters. The van der Waals surface area contributed by atoms with Crippen LogP contribution in [-0.4, -0.2) is 17.1 Å². The van der Waals surface area contributed by atoms with Gasteiger partial charge in [-0.3, -0.25) is 0 Å². The molecule has 0 spiro atoms. The van der Waals surface area contributed by atoms with Gasteiger partial charge in [0.1, 0.15) is 5.76 Å². The summed E-state index contributed by atoms with van der Waals surface area (Å²) in [6.45, 7) is 3.14. The molecule has 0 heterocycles. The van der Waals surface area contributed by atoms with Crippen LogP contribution in [0.1, 0.15) is 12.0 Å². The predicted molar refractivity (Wildman–Crippen MR) is 59.5 cm³/mol. The summed E-state index contributed by atoms with van der Waals surface area (Å²) in [5, 5.41) is 8.90. The molecule has 0 saturated heterocycles. The molecule has 3 N–H and O–H groups in total. The lowest BCUT2D eigenvalue weighted by Crippen LogP contribution is -2.33. The summed E-state index contributed by atoms with van der Waals surface area (Å²) in [5.41, 5.74) is 5.87. The van der Waals surface area contributed by atoms with E-state index in [1.54, 1.807) is 30.3 Å². The number of rotatable bonds is 5. The average molecular weight is 227 g/mol. The molecule has 1 aromatic carbocycles. The Labute approximate surface area is 93.4 Å². The fourth-order valence-electron chi connectivity index (χ4n) is 1.41. The third-order valence-corrected chi connectivity index (χ3v) is 2.25. The van der Waals surface area contributed by atoms with Gasteiger partial charge in [0.05, 0.1) is 6.04 Å². The maximum Gasteiger partial charge on any atom is 0.254 e. The van der Waals surface area contributed by atoms with E-state index in [2.05, 4.69) is 6.58 Å². The molecule has 1 unspecified atom stereocenters. The van der Waals surface area contributed by atoms with Crippen LogP contribution in [0.5, 0.6) is 0 Å². The van der Waals surface area contributed by atoms with Crippen molar-refractivity contribution in [1.82, 2.24) is 0 Å². The van der Waals surface area contributed by atoms with Gasteiger partial charge in [-0.1, -0.05) is 36.9 Å². The molecule has 0 saturated carbocycles. The van der Waals surface area contributed by atoms with Crippen molar-refractivity contribution < 1.29 is 13.9 Å². The Balaban J connectivity index is 2.61. The van der Waals surface area contributed by atoms with Crippen molar-refractivity contribution in [3.63, 3.8) is 0 Å². The lowest BCUT2D eigenvalue weighted by atomic mass is 10.0. The molecule has 0 aliphatic carbocycles. The molecule has 0 bridgehead atoms. The summed E-state index contributed by atoms with van der Waals surface area (Å²) >= 11 is 0. The van der Waals surface area contributed by atoms with Crippen molar-refractivity contribution in [2.75, 3.05) is 0 Å². The molecule has 1 rings (SSSR count). The van der Waals surface area contributed by atoms with Crippen LogP contribution in [0, 0.1) is 0 Å². The standard InChI is InChI=1S/C12H15F2NO/c1-9(16)11(15)8-12(13,14)7-10-5-3-2-4-6-10/h2-6,11,16H,1,7-8,15H2. The molecular weight excluding hydrogens is 212 g/mol. The number of aliphatic hydroxyl groups is 1. The van der Waals surface area contributed by atoms with E-state index >= 15 is 0 Å². The van der Waals surface area contributed by atoms with Gasteiger partial charge in [-0.25, -0.2) is 8.78 Å². The highest BCUT2D eigenvalue weighted by molar-refractivity contribution is 5.16. The monoisotopic (exact) mass is 227 g/mol. The van der Waals surface area contributed by atoms with Crippen LogP contribution in [0.3, 0.4) is 0 Å². The van der Waals surface area contributed by atoms with Crippen molar-refractivity contribution in [2.45, 2.75) is 24.8 Å². The van der Waals surface area contributed by atoms with E-state index in [-0.39, 0.29) is 6.42 Å². The van der Waals surface area contributed by atoms with Crippen LogP contribution in [-0.2, 0) is 6.42 Å². The number of hydrogen-bond donors (Lipinski definition) is 2. The fraction of sp³-hybridized carbons (Fsp3) is 0.333. The molecule has 0 amide bonds. The topological polar surface area (TPSA) is 46.2 Å². The van der Waals surface area contributed by atoms with Gasteiger partial charge >= 0.3 is 0 Å². The number of benzene rings is 1. The molecule has 1 aromatic rings. The van der Waals surface area contributed by atoms with Crippen LogP contribution in [0.4, 0.5) is 8.78 Å². The minimum Gasteiger partial charge on any atom is -0.511 e. The molecule has 0 aliphatic rings. The van der Waals surface area contributed by atoms with Crippen LogP contribution in [0.2, 0.25) is 0 Å². The van der Waals surface area contributed by atoms with E-state index in [9.17, 15) is 8.78 Å². The molecule has 0 aromatic heterocycles.